The van der Waals surface area contributed by atoms with E-state index in [1.807, 2.05) is 13.0 Å². The maximum atomic E-state index is 16.4. The zero-order chi connectivity index (χ0) is 27.9. The fourth-order valence-corrected chi connectivity index (χ4v) is 6.94. The first-order chi connectivity index (χ1) is 18.7. The molecule has 5 rings (SSSR count). The van der Waals surface area contributed by atoms with Gasteiger partial charge in [-0.1, -0.05) is 64.3 Å². The smallest absolute Gasteiger partial charge is 0.257 e. The number of rotatable bonds is 7. The van der Waals surface area contributed by atoms with Crippen molar-refractivity contribution in [3.63, 3.8) is 0 Å². The molecule has 1 amide bonds. The van der Waals surface area contributed by atoms with Crippen molar-refractivity contribution in [2.45, 2.75) is 44.1 Å². The highest BCUT2D eigenvalue weighted by Gasteiger charge is 2.54. The Hall–Kier alpha value is -2.00. The summed E-state index contributed by atoms with van der Waals surface area (Å²) in [4.78, 5) is 15.7. The second-order valence-electron chi connectivity index (χ2n) is 10.0. The van der Waals surface area contributed by atoms with E-state index >= 15 is 4.39 Å². The number of benzene rings is 3. The van der Waals surface area contributed by atoms with Crippen LogP contribution in [0.1, 0.15) is 58.8 Å². The van der Waals surface area contributed by atoms with E-state index in [0.29, 0.717) is 58.1 Å². The average molecular weight is 637 g/mol. The summed E-state index contributed by atoms with van der Waals surface area (Å²) >= 11 is 15.9. The lowest BCUT2D eigenvalue weighted by Crippen LogP contribution is -2.46. The van der Waals surface area contributed by atoms with Crippen molar-refractivity contribution >= 4 is 45.0 Å². The second kappa shape index (κ2) is 11.1. The summed E-state index contributed by atoms with van der Waals surface area (Å²) in [7, 11) is 1.46. The fourth-order valence-electron chi connectivity index (χ4n) is 6.01. The van der Waals surface area contributed by atoms with Gasteiger partial charge in [-0.05, 0) is 72.7 Å². The van der Waals surface area contributed by atoms with Crippen LogP contribution in [0.3, 0.4) is 0 Å². The lowest BCUT2D eigenvalue weighted by Gasteiger charge is -2.39. The predicted octanol–water partition coefficient (Wildman–Crippen LogP) is 7.42. The van der Waals surface area contributed by atoms with Crippen molar-refractivity contribution < 1.29 is 23.8 Å². The van der Waals surface area contributed by atoms with Crippen LogP contribution < -0.4 is 0 Å². The molecule has 1 fully saturated rings. The summed E-state index contributed by atoms with van der Waals surface area (Å²) in [5.74, 6) is -1.14. The third-order valence-corrected chi connectivity index (χ3v) is 9.32. The molecule has 3 aromatic rings. The minimum Gasteiger partial charge on any atom is -0.385 e. The number of amides is 1. The molecule has 206 valence electrons. The number of halogens is 4. The van der Waals surface area contributed by atoms with Gasteiger partial charge in [0.1, 0.15) is 5.82 Å². The molecule has 0 aliphatic carbocycles. The van der Waals surface area contributed by atoms with E-state index < -0.39 is 23.1 Å². The Morgan fingerprint density at radius 3 is 2.41 bits per heavy atom. The van der Waals surface area contributed by atoms with Crippen LogP contribution in [0.4, 0.5) is 4.39 Å². The molecule has 0 unspecified atom stereocenters. The summed E-state index contributed by atoms with van der Waals surface area (Å²) in [5, 5.41) is 12.9. The van der Waals surface area contributed by atoms with Gasteiger partial charge in [-0.3, -0.25) is 9.69 Å². The molecule has 39 heavy (non-hydrogen) atoms. The zero-order valence-corrected chi connectivity index (χ0v) is 24.7. The summed E-state index contributed by atoms with van der Waals surface area (Å²) in [6.07, 6.45) is 1.68. The molecular formula is C30H29BrCl2FNO4. The van der Waals surface area contributed by atoms with Gasteiger partial charge in [0.2, 0.25) is 0 Å². The molecule has 2 atom stereocenters. The van der Waals surface area contributed by atoms with Gasteiger partial charge in [0, 0.05) is 40.4 Å². The first kappa shape index (κ1) is 28.5. The van der Waals surface area contributed by atoms with Gasteiger partial charge < -0.3 is 14.6 Å². The summed E-state index contributed by atoms with van der Waals surface area (Å²) in [6.45, 7) is 3.05. The highest BCUT2D eigenvalue weighted by Crippen LogP contribution is 2.49. The maximum absolute atomic E-state index is 16.4. The molecule has 0 aromatic heterocycles. The highest BCUT2D eigenvalue weighted by atomic mass is 79.9. The Morgan fingerprint density at radius 2 is 1.79 bits per heavy atom. The molecule has 2 aliphatic rings. The van der Waals surface area contributed by atoms with Crippen LogP contribution in [0.2, 0.25) is 10.0 Å². The second-order valence-corrected chi connectivity index (χ2v) is 11.8. The van der Waals surface area contributed by atoms with Crippen molar-refractivity contribution in [3.8, 4) is 0 Å². The van der Waals surface area contributed by atoms with Crippen LogP contribution in [-0.2, 0) is 27.3 Å². The molecule has 2 aliphatic heterocycles. The van der Waals surface area contributed by atoms with Crippen molar-refractivity contribution in [3.05, 3.63) is 103 Å². The third kappa shape index (κ3) is 4.81. The van der Waals surface area contributed by atoms with Crippen molar-refractivity contribution in [1.29, 1.82) is 0 Å². The fraction of sp³-hybridized carbons (Fsp3) is 0.367. The van der Waals surface area contributed by atoms with E-state index in [4.69, 9.17) is 32.7 Å². The molecule has 5 nitrogen and oxygen atoms in total. The Morgan fingerprint density at radius 1 is 1.13 bits per heavy atom. The first-order valence-electron chi connectivity index (χ1n) is 12.9. The maximum Gasteiger partial charge on any atom is 0.257 e. The lowest BCUT2D eigenvalue weighted by molar-refractivity contribution is -0.0884. The largest absolute Gasteiger partial charge is 0.385 e. The van der Waals surface area contributed by atoms with E-state index in [0.717, 1.165) is 5.56 Å². The van der Waals surface area contributed by atoms with Crippen LogP contribution >= 0.6 is 39.1 Å². The number of hydrogen-bond acceptors (Lipinski definition) is 4. The van der Waals surface area contributed by atoms with Gasteiger partial charge in [0.25, 0.3) is 5.91 Å². The number of aliphatic hydroxyl groups is 1. The van der Waals surface area contributed by atoms with E-state index in [1.54, 1.807) is 42.5 Å². The number of methoxy groups -OCH3 is 1. The summed E-state index contributed by atoms with van der Waals surface area (Å²) < 4.78 is 28.7. The third-order valence-electron chi connectivity index (χ3n) is 8.09. The number of carbonyl (C=O) groups excluding carboxylic acids is 1. The SMILES string of the molecule is CC[C@@](O)(c1cc(F)c2c(c1)C(=O)N(Cc1ccc(Cl)cc1Br)[C@@]2(OC)c1ccc(Cl)cc1)C1CCOCC1. The van der Waals surface area contributed by atoms with Crippen LogP contribution in [-0.4, -0.2) is 36.2 Å². The van der Waals surface area contributed by atoms with Crippen LogP contribution in [0.5, 0.6) is 0 Å². The number of nitrogens with zero attached hydrogens (tertiary/aromatic N) is 1. The topological polar surface area (TPSA) is 59.0 Å². The minimum atomic E-state index is -1.57. The first-order valence-corrected chi connectivity index (χ1v) is 14.4. The molecule has 1 N–H and O–H groups in total. The molecule has 0 spiro atoms. The molecule has 0 radical (unpaired) electrons. The van der Waals surface area contributed by atoms with Gasteiger partial charge in [-0.2, -0.15) is 0 Å². The molecule has 2 heterocycles. The number of carbonyl (C=O) groups is 1. The van der Waals surface area contributed by atoms with Crippen molar-refractivity contribution in [2.75, 3.05) is 20.3 Å². The number of fused-ring (bicyclic) bond motifs is 1. The number of hydrogen-bond donors (Lipinski definition) is 1. The van der Waals surface area contributed by atoms with E-state index in [1.165, 1.54) is 18.1 Å². The highest BCUT2D eigenvalue weighted by molar-refractivity contribution is 9.10. The summed E-state index contributed by atoms with van der Waals surface area (Å²) in [6, 6.07) is 15.1. The van der Waals surface area contributed by atoms with E-state index in [2.05, 4.69) is 15.9 Å². The Kier molecular flexibility index (Phi) is 8.13. The zero-order valence-electron chi connectivity index (χ0n) is 21.6. The average Bonchev–Trinajstić information content (AvgIpc) is 3.19. The Labute approximate surface area is 245 Å². The van der Waals surface area contributed by atoms with Gasteiger partial charge in [-0.25, -0.2) is 4.39 Å². The van der Waals surface area contributed by atoms with Crippen LogP contribution in [0.15, 0.2) is 59.1 Å². The minimum absolute atomic E-state index is 0.106. The molecule has 0 bridgehead atoms. The molecule has 1 saturated heterocycles. The Balaban J connectivity index is 1.70. The van der Waals surface area contributed by atoms with Crippen molar-refractivity contribution in [1.82, 2.24) is 4.90 Å². The van der Waals surface area contributed by atoms with Gasteiger partial charge in [-0.15, -0.1) is 0 Å². The normalized spacial score (nSPS) is 21.2. The van der Waals surface area contributed by atoms with Gasteiger partial charge in [0.05, 0.1) is 23.3 Å². The predicted molar refractivity (Wildman–Crippen MR) is 152 cm³/mol. The quantitative estimate of drug-likeness (QED) is 0.293. The van der Waals surface area contributed by atoms with Crippen LogP contribution in [0, 0.1) is 11.7 Å². The lowest BCUT2D eigenvalue weighted by atomic mass is 9.74. The van der Waals surface area contributed by atoms with E-state index in [9.17, 15) is 9.90 Å². The molecule has 3 aromatic carbocycles. The van der Waals surface area contributed by atoms with Crippen LogP contribution in [0.25, 0.3) is 0 Å². The number of ether oxygens (including phenoxy) is 2. The molecule has 9 heteroatoms. The van der Waals surface area contributed by atoms with Gasteiger partial charge >= 0.3 is 0 Å². The molecular weight excluding hydrogens is 608 g/mol. The standard InChI is InChI=1S/C30H29BrCl2FNO4/c1-3-29(37,19-10-12-39-13-11-19)21-14-24-27(26(34)15-21)30(38-2,20-5-8-22(32)9-6-20)35(28(24)36)17-18-4-7-23(33)16-25(18)31/h4-9,14-16,19,37H,3,10-13,17H2,1-2H3/t29-,30+/m0/s1. The molecule has 0 saturated carbocycles. The summed E-state index contributed by atoms with van der Waals surface area (Å²) in [5.41, 5.74) is -0.902. The van der Waals surface area contributed by atoms with Gasteiger partial charge in [0.15, 0.2) is 5.72 Å². The van der Waals surface area contributed by atoms with E-state index in [-0.39, 0.29) is 23.6 Å². The Bertz CT molecular complexity index is 1400. The monoisotopic (exact) mass is 635 g/mol. The van der Waals surface area contributed by atoms with Crippen molar-refractivity contribution in [2.24, 2.45) is 5.92 Å².